The summed E-state index contributed by atoms with van der Waals surface area (Å²) >= 11 is 1.04. The van der Waals surface area contributed by atoms with E-state index in [4.69, 9.17) is 4.74 Å². The molecule has 8 nitrogen and oxygen atoms in total. The highest BCUT2D eigenvalue weighted by molar-refractivity contribution is 7.16. The number of thiazole rings is 1. The van der Waals surface area contributed by atoms with Crippen molar-refractivity contribution in [3.05, 3.63) is 75.9 Å². The Hall–Kier alpha value is -3.59. The molecule has 1 saturated carbocycles. The quantitative estimate of drug-likeness (QED) is 0.252. The highest BCUT2D eigenvalue weighted by Crippen LogP contribution is 2.29. The Morgan fingerprint density at radius 1 is 1.15 bits per heavy atom. The number of fused-ring (bicyclic) bond motifs is 1. The maximum Gasteiger partial charge on any atom is 0.410 e. The van der Waals surface area contributed by atoms with Gasteiger partial charge in [-0.1, -0.05) is 80.0 Å². The first-order chi connectivity index (χ1) is 18.9. The number of carbonyl (C=O) groups excluding carboxylic acids is 2. The van der Waals surface area contributed by atoms with Crippen LogP contribution >= 0.6 is 11.3 Å². The molecule has 9 heteroatoms. The average Bonchev–Trinajstić information content (AvgIpc) is 3.15. The summed E-state index contributed by atoms with van der Waals surface area (Å²) in [6.45, 7) is 6.49. The van der Waals surface area contributed by atoms with E-state index in [0.717, 1.165) is 48.1 Å². The van der Waals surface area contributed by atoms with Crippen LogP contribution in [0, 0.1) is 0 Å². The number of nitrogens with one attached hydrogen (secondary N) is 1. The van der Waals surface area contributed by atoms with Gasteiger partial charge in [-0.2, -0.15) is 0 Å². The van der Waals surface area contributed by atoms with Crippen molar-refractivity contribution >= 4 is 33.6 Å². The fourth-order valence-electron chi connectivity index (χ4n) is 5.29. The molecular formula is C30H37N3O5S. The second-order valence-corrected chi connectivity index (χ2v) is 11.1. The number of phenols is 1. The minimum atomic E-state index is -0.463. The third-order valence-corrected chi connectivity index (χ3v) is 8.37. The van der Waals surface area contributed by atoms with Gasteiger partial charge in [0.1, 0.15) is 17.9 Å². The molecule has 1 aliphatic rings. The van der Waals surface area contributed by atoms with Gasteiger partial charge in [0, 0.05) is 25.2 Å². The summed E-state index contributed by atoms with van der Waals surface area (Å²) in [5.41, 5.74) is 2.14. The number of aromatic amines is 1. The van der Waals surface area contributed by atoms with E-state index < -0.39 is 6.09 Å². The second kappa shape index (κ2) is 13.5. The minimum absolute atomic E-state index is 0.0153. The van der Waals surface area contributed by atoms with E-state index in [0.29, 0.717) is 29.7 Å². The Morgan fingerprint density at radius 2 is 1.87 bits per heavy atom. The predicted molar refractivity (Wildman–Crippen MR) is 154 cm³/mol. The van der Waals surface area contributed by atoms with Crippen LogP contribution in [0.15, 0.2) is 59.9 Å². The molecule has 0 saturated heterocycles. The molecular weight excluding hydrogens is 514 g/mol. The molecule has 2 aromatic carbocycles. The number of aromatic hydroxyl groups is 1. The van der Waals surface area contributed by atoms with E-state index in [1.807, 2.05) is 42.2 Å². The monoisotopic (exact) mass is 551 g/mol. The number of H-pyrrole nitrogens is 1. The number of benzene rings is 2. The molecule has 3 aromatic rings. The summed E-state index contributed by atoms with van der Waals surface area (Å²) in [6.07, 6.45) is 7.75. The second-order valence-electron chi connectivity index (χ2n) is 10.1. The van der Waals surface area contributed by atoms with Crippen molar-refractivity contribution in [2.75, 3.05) is 13.1 Å². The van der Waals surface area contributed by atoms with Crippen molar-refractivity contribution in [2.45, 2.75) is 70.6 Å². The zero-order valence-corrected chi connectivity index (χ0v) is 23.3. The fraction of sp³-hybridized carbons (Fsp3) is 0.433. The van der Waals surface area contributed by atoms with Gasteiger partial charge in [0.2, 0.25) is 5.91 Å². The third-order valence-electron chi connectivity index (χ3n) is 7.42. The Balaban J connectivity index is 1.55. The number of rotatable bonds is 10. The first-order valence-electron chi connectivity index (χ1n) is 13.6. The molecule has 1 heterocycles. The maximum atomic E-state index is 13.4. The lowest BCUT2D eigenvalue weighted by molar-refractivity contribution is -0.129. The van der Waals surface area contributed by atoms with Crippen LogP contribution in [0.25, 0.3) is 10.2 Å². The molecule has 1 aliphatic carbocycles. The number of aromatic nitrogens is 1. The average molecular weight is 552 g/mol. The van der Waals surface area contributed by atoms with Gasteiger partial charge in [-0.25, -0.2) is 4.79 Å². The number of amides is 2. The number of ether oxygens (including phenoxy) is 1. The molecule has 0 radical (unpaired) electrons. The van der Waals surface area contributed by atoms with Crippen LogP contribution in [-0.2, 0) is 22.6 Å². The largest absolute Gasteiger partial charge is 0.506 e. The number of nitrogens with zero attached hydrogens (tertiary/aromatic N) is 2. The number of hydrogen-bond donors (Lipinski definition) is 2. The molecule has 0 bridgehead atoms. The Morgan fingerprint density at radius 3 is 2.56 bits per heavy atom. The van der Waals surface area contributed by atoms with E-state index in [1.165, 1.54) is 18.9 Å². The Bertz CT molecular complexity index is 1330. The number of carbonyl (C=O) groups is 2. The van der Waals surface area contributed by atoms with Crippen LogP contribution in [0.4, 0.5) is 4.79 Å². The molecule has 2 amide bonds. The predicted octanol–water partition coefficient (Wildman–Crippen LogP) is 5.60. The molecule has 2 N–H and O–H groups in total. The lowest BCUT2D eigenvalue weighted by atomic mass is 10.1. The molecule has 1 atom stereocenters. The van der Waals surface area contributed by atoms with Gasteiger partial charge in [0.25, 0.3) is 0 Å². The van der Waals surface area contributed by atoms with Crippen molar-refractivity contribution < 1.29 is 19.4 Å². The topological polar surface area (TPSA) is 103 Å². The van der Waals surface area contributed by atoms with Crippen molar-refractivity contribution in [3.8, 4) is 5.75 Å². The summed E-state index contributed by atoms with van der Waals surface area (Å²) in [5, 5.41) is 10.2. The van der Waals surface area contributed by atoms with E-state index in [2.05, 4.69) is 11.6 Å². The molecule has 208 valence electrons. The van der Waals surface area contributed by atoms with Crippen molar-refractivity contribution in [1.82, 2.24) is 14.8 Å². The van der Waals surface area contributed by atoms with Crippen LogP contribution in [0.3, 0.4) is 0 Å². The molecule has 39 heavy (non-hydrogen) atoms. The van der Waals surface area contributed by atoms with E-state index in [1.54, 1.807) is 17.0 Å². The lowest BCUT2D eigenvalue weighted by Crippen LogP contribution is -2.50. The van der Waals surface area contributed by atoms with Gasteiger partial charge in [-0.05, 0) is 49.5 Å². The number of phenolic OH excluding ortho intramolecular Hbond substituents is 1. The van der Waals surface area contributed by atoms with Crippen LogP contribution in [-0.4, -0.2) is 57.1 Å². The van der Waals surface area contributed by atoms with Gasteiger partial charge >= 0.3 is 11.0 Å². The zero-order valence-electron chi connectivity index (χ0n) is 22.4. The standard InChI is InChI=1S/C30H37N3O5S/c1-3-26(35)33(24-13-9-4-5-10-14-24)19-21(2)32(30(37)38-20-22-11-7-6-8-12-22)18-17-23-15-16-25(34)27-28(23)39-29(36)31-27/h3,6-8,11-12,15-16,21,24,34H,1,4-5,9-10,13-14,17-20H2,2H3,(H,31,36). The summed E-state index contributed by atoms with van der Waals surface area (Å²) in [5.74, 6) is -0.106. The van der Waals surface area contributed by atoms with Crippen molar-refractivity contribution in [3.63, 3.8) is 0 Å². The molecule has 1 aromatic heterocycles. The van der Waals surface area contributed by atoms with Gasteiger partial charge in [-0.3, -0.25) is 9.59 Å². The summed E-state index contributed by atoms with van der Waals surface area (Å²) < 4.78 is 6.39. The maximum absolute atomic E-state index is 13.4. The van der Waals surface area contributed by atoms with Gasteiger partial charge in [0.15, 0.2) is 0 Å². The van der Waals surface area contributed by atoms with E-state index in [9.17, 15) is 19.5 Å². The van der Waals surface area contributed by atoms with Crippen molar-refractivity contribution in [1.29, 1.82) is 0 Å². The smallest absolute Gasteiger partial charge is 0.410 e. The first-order valence-corrected chi connectivity index (χ1v) is 14.4. The van der Waals surface area contributed by atoms with E-state index >= 15 is 0 Å². The molecule has 1 unspecified atom stereocenters. The lowest BCUT2D eigenvalue weighted by Gasteiger charge is -2.36. The van der Waals surface area contributed by atoms with Gasteiger partial charge in [0.05, 0.1) is 4.70 Å². The Labute approximate surface area is 232 Å². The number of hydrogen-bond acceptors (Lipinski definition) is 6. The Kier molecular flexibility index (Phi) is 9.81. The third kappa shape index (κ3) is 7.29. The molecule has 0 aliphatic heterocycles. The van der Waals surface area contributed by atoms with Crippen LogP contribution in [0.2, 0.25) is 0 Å². The highest BCUT2D eigenvalue weighted by Gasteiger charge is 2.29. The van der Waals surface area contributed by atoms with E-state index in [-0.39, 0.29) is 35.2 Å². The fourth-order valence-corrected chi connectivity index (χ4v) is 6.19. The molecule has 0 spiro atoms. The SMILES string of the molecule is C=CC(=O)N(CC(C)N(CCc1ccc(O)c2[nH]c(=O)sc12)C(=O)OCc1ccccc1)C1CCCCCC1. The zero-order chi connectivity index (χ0) is 27.8. The van der Waals surface area contributed by atoms with Gasteiger partial charge in [-0.15, -0.1) is 0 Å². The normalized spacial score (nSPS) is 14.9. The molecule has 1 fully saturated rings. The highest BCUT2D eigenvalue weighted by atomic mass is 32.1. The summed E-state index contributed by atoms with van der Waals surface area (Å²) in [6, 6.07) is 12.6. The molecule has 4 rings (SSSR count). The van der Waals surface area contributed by atoms with Gasteiger partial charge < -0.3 is 24.6 Å². The van der Waals surface area contributed by atoms with Crippen LogP contribution in [0.1, 0.15) is 56.6 Å². The summed E-state index contributed by atoms with van der Waals surface area (Å²) in [7, 11) is 0. The van der Waals surface area contributed by atoms with Crippen molar-refractivity contribution in [2.24, 2.45) is 0 Å². The van der Waals surface area contributed by atoms with Crippen LogP contribution < -0.4 is 4.87 Å². The minimum Gasteiger partial charge on any atom is -0.506 e. The van der Waals surface area contributed by atoms with Crippen LogP contribution in [0.5, 0.6) is 5.75 Å². The first kappa shape index (κ1) is 28.4. The summed E-state index contributed by atoms with van der Waals surface area (Å²) in [4.78, 5) is 44.3.